The van der Waals surface area contributed by atoms with E-state index in [-0.39, 0.29) is 5.92 Å². The van der Waals surface area contributed by atoms with Crippen LogP contribution < -0.4 is 5.73 Å². The summed E-state index contributed by atoms with van der Waals surface area (Å²) < 4.78 is 0. The summed E-state index contributed by atoms with van der Waals surface area (Å²) in [5.41, 5.74) is 5.88. The molecular formula is C15H28N2O. The second-order valence-electron chi connectivity index (χ2n) is 6.30. The molecule has 1 saturated heterocycles. The Morgan fingerprint density at radius 2 is 1.78 bits per heavy atom. The van der Waals surface area contributed by atoms with E-state index in [4.69, 9.17) is 5.73 Å². The molecule has 0 aromatic rings. The van der Waals surface area contributed by atoms with Crippen molar-refractivity contribution < 1.29 is 4.79 Å². The van der Waals surface area contributed by atoms with Crippen molar-refractivity contribution in [1.82, 2.24) is 4.90 Å². The SMILES string of the molecule is CC(CC1CCCCC1)C(=O)N1CCC(N)CC1. The van der Waals surface area contributed by atoms with Gasteiger partial charge < -0.3 is 10.6 Å². The average molecular weight is 252 g/mol. The van der Waals surface area contributed by atoms with Crippen LogP contribution in [-0.4, -0.2) is 29.9 Å². The van der Waals surface area contributed by atoms with Gasteiger partial charge in [0.1, 0.15) is 0 Å². The van der Waals surface area contributed by atoms with Crippen molar-refractivity contribution in [3.8, 4) is 0 Å². The summed E-state index contributed by atoms with van der Waals surface area (Å²) in [7, 11) is 0. The van der Waals surface area contributed by atoms with Crippen molar-refractivity contribution in [3.63, 3.8) is 0 Å². The van der Waals surface area contributed by atoms with Crippen molar-refractivity contribution in [2.24, 2.45) is 17.6 Å². The minimum absolute atomic E-state index is 0.211. The molecule has 1 amide bonds. The highest BCUT2D eigenvalue weighted by atomic mass is 16.2. The zero-order valence-electron chi connectivity index (χ0n) is 11.7. The number of carbonyl (C=O) groups excluding carboxylic acids is 1. The first kappa shape index (κ1) is 13.9. The summed E-state index contributed by atoms with van der Waals surface area (Å²) in [6.07, 6.45) is 9.84. The van der Waals surface area contributed by atoms with Gasteiger partial charge in [0, 0.05) is 25.0 Å². The van der Waals surface area contributed by atoms with Crippen LogP contribution in [0.3, 0.4) is 0 Å². The fourth-order valence-electron chi connectivity index (χ4n) is 3.46. The molecule has 0 radical (unpaired) electrons. The van der Waals surface area contributed by atoms with Crippen LogP contribution >= 0.6 is 0 Å². The first-order valence-electron chi connectivity index (χ1n) is 7.71. The smallest absolute Gasteiger partial charge is 0.225 e. The maximum atomic E-state index is 12.4. The Balaban J connectivity index is 1.77. The summed E-state index contributed by atoms with van der Waals surface area (Å²) >= 11 is 0. The number of likely N-dealkylation sites (tertiary alicyclic amines) is 1. The molecule has 2 fully saturated rings. The largest absolute Gasteiger partial charge is 0.342 e. The van der Waals surface area contributed by atoms with E-state index >= 15 is 0 Å². The Hall–Kier alpha value is -0.570. The zero-order valence-corrected chi connectivity index (χ0v) is 11.7. The van der Waals surface area contributed by atoms with Crippen LogP contribution in [0, 0.1) is 11.8 Å². The molecule has 0 bridgehead atoms. The fraction of sp³-hybridized carbons (Fsp3) is 0.933. The molecule has 1 saturated carbocycles. The van der Waals surface area contributed by atoms with Gasteiger partial charge in [-0.2, -0.15) is 0 Å². The molecule has 2 aliphatic rings. The van der Waals surface area contributed by atoms with E-state index in [1.807, 2.05) is 4.90 Å². The maximum absolute atomic E-state index is 12.4. The third-order valence-electron chi connectivity index (χ3n) is 4.68. The molecular weight excluding hydrogens is 224 g/mol. The number of amides is 1. The predicted molar refractivity (Wildman–Crippen MR) is 74.1 cm³/mol. The highest BCUT2D eigenvalue weighted by Gasteiger charge is 2.26. The lowest BCUT2D eigenvalue weighted by atomic mass is 9.83. The Labute approximate surface area is 111 Å². The molecule has 104 valence electrons. The predicted octanol–water partition coefficient (Wildman–Crippen LogP) is 2.54. The minimum atomic E-state index is 0.211. The van der Waals surface area contributed by atoms with Gasteiger partial charge in [-0.05, 0) is 25.2 Å². The molecule has 1 heterocycles. The molecule has 2 N–H and O–H groups in total. The number of piperidine rings is 1. The second kappa shape index (κ2) is 6.55. The van der Waals surface area contributed by atoms with E-state index in [0.717, 1.165) is 38.3 Å². The van der Waals surface area contributed by atoms with E-state index in [1.165, 1.54) is 32.1 Å². The molecule has 1 aliphatic carbocycles. The lowest BCUT2D eigenvalue weighted by molar-refractivity contribution is -0.136. The van der Waals surface area contributed by atoms with Crippen LogP contribution in [0.1, 0.15) is 58.3 Å². The number of nitrogens with two attached hydrogens (primary N) is 1. The molecule has 3 nitrogen and oxygen atoms in total. The van der Waals surface area contributed by atoms with Crippen molar-refractivity contribution in [2.45, 2.75) is 64.3 Å². The summed E-state index contributed by atoms with van der Waals surface area (Å²) in [6.45, 7) is 3.86. The summed E-state index contributed by atoms with van der Waals surface area (Å²) in [4.78, 5) is 14.4. The van der Waals surface area contributed by atoms with Gasteiger partial charge in [0.15, 0.2) is 0 Å². The third-order valence-corrected chi connectivity index (χ3v) is 4.68. The quantitative estimate of drug-likeness (QED) is 0.839. The second-order valence-corrected chi connectivity index (χ2v) is 6.30. The van der Waals surface area contributed by atoms with Gasteiger partial charge in [0.25, 0.3) is 0 Å². The van der Waals surface area contributed by atoms with Crippen LogP contribution in [0.4, 0.5) is 0 Å². The standard InChI is InChI=1S/C15H28N2O/c1-12(11-13-5-3-2-4-6-13)15(18)17-9-7-14(16)8-10-17/h12-14H,2-11,16H2,1H3. The van der Waals surface area contributed by atoms with Gasteiger partial charge in [-0.25, -0.2) is 0 Å². The van der Waals surface area contributed by atoms with Crippen molar-refractivity contribution in [2.75, 3.05) is 13.1 Å². The summed E-state index contributed by atoms with van der Waals surface area (Å²) in [6, 6.07) is 0.308. The van der Waals surface area contributed by atoms with Gasteiger partial charge in [0.2, 0.25) is 5.91 Å². The van der Waals surface area contributed by atoms with Crippen LogP contribution in [0.5, 0.6) is 0 Å². The number of hydrogen-bond acceptors (Lipinski definition) is 2. The molecule has 1 aliphatic heterocycles. The van der Waals surface area contributed by atoms with Crippen molar-refractivity contribution in [3.05, 3.63) is 0 Å². The number of hydrogen-bond donors (Lipinski definition) is 1. The molecule has 18 heavy (non-hydrogen) atoms. The van der Waals surface area contributed by atoms with Crippen LogP contribution in [-0.2, 0) is 4.79 Å². The van der Waals surface area contributed by atoms with E-state index < -0.39 is 0 Å². The summed E-state index contributed by atoms with van der Waals surface area (Å²) in [5.74, 6) is 1.37. The Kier molecular flexibility index (Phi) is 5.04. The van der Waals surface area contributed by atoms with Crippen LogP contribution in [0.25, 0.3) is 0 Å². The highest BCUT2D eigenvalue weighted by molar-refractivity contribution is 5.78. The van der Waals surface area contributed by atoms with E-state index in [0.29, 0.717) is 11.9 Å². The molecule has 3 heteroatoms. The van der Waals surface area contributed by atoms with E-state index in [1.54, 1.807) is 0 Å². The minimum Gasteiger partial charge on any atom is -0.342 e. The fourth-order valence-corrected chi connectivity index (χ4v) is 3.46. The third kappa shape index (κ3) is 3.71. The number of rotatable bonds is 3. The zero-order chi connectivity index (χ0) is 13.0. The Bertz CT molecular complexity index is 266. The van der Waals surface area contributed by atoms with Gasteiger partial charge in [-0.15, -0.1) is 0 Å². The Morgan fingerprint density at radius 1 is 1.17 bits per heavy atom. The van der Waals surface area contributed by atoms with E-state index in [9.17, 15) is 4.79 Å². The number of nitrogens with zero attached hydrogens (tertiary/aromatic N) is 1. The molecule has 1 unspecified atom stereocenters. The van der Waals surface area contributed by atoms with Crippen LogP contribution in [0.2, 0.25) is 0 Å². The van der Waals surface area contributed by atoms with Gasteiger partial charge in [-0.1, -0.05) is 39.0 Å². The maximum Gasteiger partial charge on any atom is 0.225 e. The van der Waals surface area contributed by atoms with E-state index in [2.05, 4.69) is 6.92 Å². The van der Waals surface area contributed by atoms with Crippen LogP contribution in [0.15, 0.2) is 0 Å². The lowest BCUT2D eigenvalue weighted by Crippen LogP contribution is -2.45. The molecule has 0 spiro atoms. The van der Waals surface area contributed by atoms with Crippen molar-refractivity contribution >= 4 is 5.91 Å². The monoisotopic (exact) mass is 252 g/mol. The summed E-state index contributed by atoms with van der Waals surface area (Å²) in [5, 5.41) is 0. The van der Waals surface area contributed by atoms with Gasteiger partial charge in [-0.3, -0.25) is 4.79 Å². The van der Waals surface area contributed by atoms with Gasteiger partial charge >= 0.3 is 0 Å². The molecule has 1 atom stereocenters. The first-order chi connectivity index (χ1) is 8.66. The Morgan fingerprint density at radius 3 is 2.39 bits per heavy atom. The first-order valence-corrected chi connectivity index (χ1v) is 7.71. The van der Waals surface area contributed by atoms with Crippen molar-refractivity contribution in [1.29, 1.82) is 0 Å². The molecule has 0 aromatic heterocycles. The number of carbonyl (C=O) groups is 1. The lowest BCUT2D eigenvalue weighted by Gasteiger charge is -2.33. The van der Waals surface area contributed by atoms with Gasteiger partial charge in [0.05, 0.1) is 0 Å². The molecule has 0 aromatic carbocycles. The molecule has 2 rings (SSSR count). The topological polar surface area (TPSA) is 46.3 Å². The highest BCUT2D eigenvalue weighted by Crippen LogP contribution is 2.29. The average Bonchev–Trinajstić information content (AvgIpc) is 2.40. The normalized spacial score (nSPS) is 25.1.